The minimum atomic E-state index is -0.959. The van der Waals surface area contributed by atoms with E-state index in [9.17, 15) is 19.7 Å². The quantitative estimate of drug-likeness (QED) is 0.570. The Labute approximate surface area is 156 Å². The second kappa shape index (κ2) is 8.79. The molecule has 0 saturated heterocycles. The highest BCUT2D eigenvalue weighted by Crippen LogP contribution is 2.28. The number of ether oxygens (including phenoxy) is 1. The highest BCUT2D eigenvalue weighted by atomic mass is 16.6. The number of nitrogens with zero attached hydrogens (tertiary/aromatic N) is 1. The lowest BCUT2D eigenvalue weighted by molar-refractivity contribution is -0.386. The monoisotopic (exact) mass is 371 g/mol. The van der Waals surface area contributed by atoms with Crippen LogP contribution in [0.4, 0.5) is 17.1 Å². The van der Waals surface area contributed by atoms with Gasteiger partial charge in [0, 0.05) is 23.9 Å². The zero-order valence-corrected chi connectivity index (χ0v) is 15.3. The Bertz CT molecular complexity index is 866. The molecule has 1 atom stereocenters. The van der Waals surface area contributed by atoms with Gasteiger partial charge in [0.25, 0.3) is 5.91 Å². The number of carbonyl (C=O) groups excluding carboxylic acids is 2. The number of hydrogen-bond acceptors (Lipinski definition) is 5. The van der Waals surface area contributed by atoms with Gasteiger partial charge in [-0.1, -0.05) is 25.1 Å². The van der Waals surface area contributed by atoms with Gasteiger partial charge in [-0.15, -0.1) is 0 Å². The van der Waals surface area contributed by atoms with E-state index >= 15 is 0 Å². The average molecular weight is 371 g/mol. The number of benzene rings is 2. The molecule has 142 valence electrons. The normalized spacial score (nSPS) is 11.4. The molecule has 0 aliphatic carbocycles. The van der Waals surface area contributed by atoms with Gasteiger partial charge in [0.1, 0.15) is 0 Å². The summed E-state index contributed by atoms with van der Waals surface area (Å²) in [6.45, 7) is 5.02. The van der Waals surface area contributed by atoms with Crippen LogP contribution in [0.3, 0.4) is 0 Å². The molecule has 2 N–H and O–H groups in total. The molecular formula is C19H21N3O5. The largest absolute Gasteiger partial charge is 0.474 e. The number of nitrogens with one attached hydrogen (secondary N) is 2. The maximum Gasteiger partial charge on any atom is 0.310 e. The lowest BCUT2D eigenvalue weighted by Crippen LogP contribution is -2.30. The Morgan fingerprint density at radius 2 is 1.74 bits per heavy atom. The number of rotatable bonds is 7. The number of anilines is 2. The standard InChI is InChI=1S/C19H21N3O5/c1-4-18(23)20-14-8-7-9-15(12(14)2)21-19(24)13(3)27-17-11-6-5-10-16(17)22(25)26/h5-11,13H,4H2,1-3H3,(H,20,23)(H,21,24). The number of carbonyl (C=O) groups is 2. The Morgan fingerprint density at radius 3 is 2.37 bits per heavy atom. The van der Waals surface area contributed by atoms with Crippen LogP contribution >= 0.6 is 0 Å². The first-order valence-electron chi connectivity index (χ1n) is 8.43. The molecule has 0 heterocycles. The average Bonchev–Trinajstić information content (AvgIpc) is 2.64. The molecule has 0 saturated carbocycles. The van der Waals surface area contributed by atoms with Gasteiger partial charge in [-0.25, -0.2) is 0 Å². The predicted octanol–water partition coefficient (Wildman–Crippen LogP) is 3.66. The first kappa shape index (κ1) is 19.9. The molecule has 8 heteroatoms. The van der Waals surface area contributed by atoms with E-state index in [1.54, 1.807) is 38.1 Å². The van der Waals surface area contributed by atoms with Gasteiger partial charge in [-0.05, 0) is 37.6 Å². The maximum absolute atomic E-state index is 12.4. The van der Waals surface area contributed by atoms with Crippen LogP contribution in [0.15, 0.2) is 42.5 Å². The predicted molar refractivity (Wildman–Crippen MR) is 102 cm³/mol. The molecule has 2 aromatic rings. The Morgan fingerprint density at radius 1 is 1.11 bits per heavy atom. The number of para-hydroxylation sites is 2. The van der Waals surface area contributed by atoms with E-state index in [4.69, 9.17) is 4.74 Å². The molecule has 2 aromatic carbocycles. The van der Waals surface area contributed by atoms with E-state index in [-0.39, 0.29) is 17.3 Å². The van der Waals surface area contributed by atoms with Crippen LogP contribution in [-0.2, 0) is 9.59 Å². The fraction of sp³-hybridized carbons (Fsp3) is 0.263. The first-order valence-corrected chi connectivity index (χ1v) is 8.43. The van der Waals surface area contributed by atoms with E-state index < -0.39 is 16.9 Å². The van der Waals surface area contributed by atoms with Crippen molar-refractivity contribution in [1.82, 2.24) is 0 Å². The number of nitro benzene ring substituents is 1. The second-order valence-corrected chi connectivity index (χ2v) is 5.85. The van der Waals surface area contributed by atoms with Gasteiger partial charge in [0.15, 0.2) is 11.9 Å². The molecule has 2 rings (SSSR count). The van der Waals surface area contributed by atoms with Crippen molar-refractivity contribution in [2.45, 2.75) is 33.3 Å². The fourth-order valence-electron chi connectivity index (χ4n) is 2.33. The van der Waals surface area contributed by atoms with Crippen molar-refractivity contribution in [3.8, 4) is 5.75 Å². The van der Waals surface area contributed by atoms with Gasteiger partial charge in [-0.2, -0.15) is 0 Å². The highest BCUT2D eigenvalue weighted by Gasteiger charge is 2.21. The van der Waals surface area contributed by atoms with E-state index in [0.29, 0.717) is 23.4 Å². The summed E-state index contributed by atoms with van der Waals surface area (Å²) in [7, 11) is 0. The summed E-state index contributed by atoms with van der Waals surface area (Å²) >= 11 is 0. The van der Waals surface area contributed by atoms with E-state index in [0.717, 1.165) is 0 Å². The highest BCUT2D eigenvalue weighted by molar-refractivity contribution is 5.97. The maximum atomic E-state index is 12.4. The summed E-state index contributed by atoms with van der Waals surface area (Å²) in [5.74, 6) is -0.573. The topological polar surface area (TPSA) is 111 Å². The van der Waals surface area contributed by atoms with Gasteiger partial charge >= 0.3 is 5.69 Å². The van der Waals surface area contributed by atoms with Crippen molar-refractivity contribution < 1.29 is 19.2 Å². The van der Waals surface area contributed by atoms with Crippen molar-refractivity contribution in [2.24, 2.45) is 0 Å². The molecule has 8 nitrogen and oxygen atoms in total. The Kier molecular flexibility index (Phi) is 6.48. The van der Waals surface area contributed by atoms with Crippen LogP contribution in [0.5, 0.6) is 5.75 Å². The smallest absolute Gasteiger partial charge is 0.310 e. The van der Waals surface area contributed by atoms with Gasteiger partial charge < -0.3 is 15.4 Å². The van der Waals surface area contributed by atoms with Crippen molar-refractivity contribution in [3.05, 3.63) is 58.1 Å². The third-order valence-electron chi connectivity index (χ3n) is 3.92. The molecule has 0 fully saturated rings. The van der Waals surface area contributed by atoms with Gasteiger partial charge in [0.05, 0.1) is 4.92 Å². The van der Waals surface area contributed by atoms with Crippen molar-refractivity contribution in [1.29, 1.82) is 0 Å². The SMILES string of the molecule is CCC(=O)Nc1cccc(NC(=O)C(C)Oc2ccccc2[N+](=O)[O-])c1C. The summed E-state index contributed by atoms with van der Waals surface area (Å²) in [5, 5.41) is 16.5. The Hall–Kier alpha value is -3.42. The zero-order chi connectivity index (χ0) is 20.0. The molecule has 0 aliphatic rings. The summed E-state index contributed by atoms with van der Waals surface area (Å²) in [4.78, 5) is 34.5. The molecule has 0 bridgehead atoms. The lowest BCUT2D eigenvalue weighted by atomic mass is 10.1. The lowest BCUT2D eigenvalue weighted by Gasteiger charge is -2.17. The Balaban J connectivity index is 2.12. The number of amides is 2. The van der Waals surface area contributed by atoms with Crippen LogP contribution in [0, 0.1) is 17.0 Å². The minimum Gasteiger partial charge on any atom is -0.474 e. The van der Waals surface area contributed by atoms with E-state index in [2.05, 4.69) is 10.6 Å². The summed E-state index contributed by atoms with van der Waals surface area (Å²) in [6.07, 6.45) is -0.615. The summed E-state index contributed by atoms with van der Waals surface area (Å²) in [5.41, 5.74) is 1.61. The molecule has 0 radical (unpaired) electrons. The van der Waals surface area contributed by atoms with Gasteiger partial charge in [0.2, 0.25) is 5.91 Å². The number of hydrogen-bond donors (Lipinski definition) is 2. The van der Waals surface area contributed by atoms with Crippen LogP contribution in [0.25, 0.3) is 0 Å². The number of nitro groups is 1. The molecule has 27 heavy (non-hydrogen) atoms. The third kappa shape index (κ3) is 5.04. The minimum absolute atomic E-state index is 0.0193. The molecular weight excluding hydrogens is 350 g/mol. The van der Waals surface area contributed by atoms with Crippen molar-refractivity contribution >= 4 is 28.9 Å². The van der Waals surface area contributed by atoms with Crippen LogP contribution in [0.1, 0.15) is 25.8 Å². The molecule has 1 unspecified atom stereocenters. The molecule has 0 aliphatic heterocycles. The van der Waals surface area contributed by atoms with Crippen molar-refractivity contribution in [2.75, 3.05) is 10.6 Å². The fourth-order valence-corrected chi connectivity index (χ4v) is 2.33. The zero-order valence-electron chi connectivity index (χ0n) is 15.3. The summed E-state index contributed by atoms with van der Waals surface area (Å²) < 4.78 is 5.47. The van der Waals surface area contributed by atoms with E-state index in [1.165, 1.54) is 25.1 Å². The molecule has 2 amide bonds. The van der Waals surface area contributed by atoms with Crippen molar-refractivity contribution in [3.63, 3.8) is 0 Å². The van der Waals surface area contributed by atoms with Crippen LogP contribution in [0.2, 0.25) is 0 Å². The van der Waals surface area contributed by atoms with Gasteiger partial charge in [-0.3, -0.25) is 19.7 Å². The molecule has 0 aromatic heterocycles. The van der Waals surface area contributed by atoms with E-state index in [1.807, 2.05) is 0 Å². The summed E-state index contributed by atoms with van der Waals surface area (Å²) in [6, 6.07) is 11.0. The second-order valence-electron chi connectivity index (χ2n) is 5.85. The van der Waals surface area contributed by atoms with Crippen LogP contribution in [-0.4, -0.2) is 22.8 Å². The third-order valence-corrected chi connectivity index (χ3v) is 3.92. The molecule has 0 spiro atoms. The van der Waals surface area contributed by atoms with Crippen LogP contribution < -0.4 is 15.4 Å². The first-order chi connectivity index (χ1) is 12.8.